The molecule has 8 heteroatoms. The molecule has 0 aromatic heterocycles. The maximum Gasteiger partial charge on any atom is 0.411 e. The predicted molar refractivity (Wildman–Crippen MR) is 132 cm³/mol. The standard InChI is InChI=1S/C26H23BrN2O5/c1-2-23(25(31)32)29-24(30)20-13-15(11-12-22(20)27)28-26(33)34-14-21-18-9-5-3-7-16(18)17-8-4-6-10-19(17)21/h3-13,21,23H,2,14H2,1H3,(H,28,33)(H,29,30)(H,31,32)/t23-/m1/s1. The summed E-state index contributed by atoms with van der Waals surface area (Å²) in [5.74, 6) is -1.73. The van der Waals surface area contributed by atoms with E-state index in [1.165, 1.54) is 6.07 Å². The van der Waals surface area contributed by atoms with Gasteiger partial charge in [0.05, 0.1) is 5.56 Å². The van der Waals surface area contributed by atoms with Crippen LogP contribution < -0.4 is 10.6 Å². The van der Waals surface area contributed by atoms with Gasteiger partial charge in [-0.1, -0.05) is 55.5 Å². The lowest BCUT2D eigenvalue weighted by Gasteiger charge is -2.16. The maximum absolute atomic E-state index is 12.6. The Morgan fingerprint density at radius 2 is 1.62 bits per heavy atom. The van der Waals surface area contributed by atoms with Crippen LogP contribution in [0.4, 0.5) is 10.5 Å². The lowest BCUT2D eigenvalue weighted by Crippen LogP contribution is -2.40. The highest BCUT2D eigenvalue weighted by atomic mass is 79.9. The highest BCUT2D eigenvalue weighted by Crippen LogP contribution is 2.44. The van der Waals surface area contributed by atoms with Crippen LogP contribution in [-0.2, 0) is 9.53 Å². The van der Waals surface area contributed by atoms with Gasteiger partial charge in [0, 0.05) is 16.1 Å². The predicted octanol–water partition coefficient (Wildman–Crippen LogP) is 5.40. The van der Waals surface area contributed by atoms with E-state index in [9.17, 15) is 19.5 Å². The number of hydrogen-bond acceptors (Lipinski definition) is 4. The van der Waals surface area contributed by atoms with Crippen molar-refractivity contribution in [3.05, 3.63) is 87.9 Å². The fourth-order valence-electron chi connectivity index (χ4n) is 4.10. The number of halogens is 1. The third kappa shape index (κ3) is 4.82. The van der Waals surface area contributed by atoms with Gasteiger partial charge in [0.15, 0.2) is 0 Å². The van der Waals surface area contributed by atoms with Gasteiger partial charge in [0.2, 0.25) is 0 Å². The smallest absolute Gasteiger partial charge is 0.411 e. The van der Waals surface area contributed by atoms with Gasteiger partial charge in [0.1, 0.15) is 12.6 Å². The number of rotatable bonds is 7. The Kier molecular flexibility index (Phi) is 6.98. The first-order valence-corrected chi connectivity index (χ1v) is 11.6. The van der Waals surface area contributed by atoms with Crippen molar-refractivity contribution in [1.82, 2.24) is 5.32 Å². The van der Waals surface area contributed by atoms with E-state index in [-0.39, 0.29) is 24.5 Å². The van der Waals surface area contributed by atoms with Crippen LogP contribution in [-0.4, -0.2) is 35.7 Å². The molecule has 0 bridgehead atoms. The number of benzene rings is 3. The summed E-state index contributed by atoms with van der Waals surface area (Å²) in [5, 5.41) is 14.3. The average Bonchev–Trinajstić information content (AvgIpc) is 3.15. The summed E-state index contributed by atoms with van der Waals surface area (Å²) < 4.78 is 6.02. The number of hydrogen-bond donors (Lipinski definition) is 3. The summed E-state index contributed by atoms with van der Waals surface area (Å²) in [7, 11) is 0. The Morgan fingerprint density at radius 3 is 2.21 bits per heavy atom. The Balaban J connectivity index is 1.44. The number of ether oxygens (including phenoxy) is 1. The molecule has 4 rings (SSSR count). The van der Waals surface area contributed by atoms with E-state index in [0.29, 0.717) is 10.2 Å². The summed E-state index contributed by atoms with van der Waals surface area (Å²) in [5.41, 5.74) is 5.07. The molecule has 3 aromatic carbocycles. The quantitative estimate of drug-likeness (QED) is 0.385. The topological polar surface area (TPSA) is 105 Å². The van der Waals surface area contributed by atoms with Crippen LogP contribution in [0.3, 0.4) is 0 Å². The summed E-state index contributed by atoms with van der Waals surface area (Å²) in [6.07, 6.45) is -0.399. The largest absolute Gasteiger partial charge is 0.480 e. The third-order valence-electron chi connectivity index (χ3n) is 5.81. The van der Waals surface area contributed by atoms with E-state index in [2.05, 4.69) is 38.7 Å². The number of anilines is 1. The van der Waals surface area contributed by atoms with Gasteiger partial charge in [-0.3, -0.25) is 10.1 Å². The number of carboxylic acids is 1. The lowest BCUT2D eigenvalue weighted by molar-refractivity contribution is -0.139. The van der Waals surface area contributed by atoms with Crippen molar-refractivity contribution >= 4 is 39.6 Å². The molecule has 0 unspecified atom stereocenters. The van der Waals surface area contributed by atoms with Crippen LogP contribution >= 0.6 is 15.9 Å². The van der Waals surface area contributed by atoms with Crippen LogP contribution in [0, 0.1) is 0 Å². The summed E-state index contributed by atoms with van der Waals surface area (Å²) in [6.45, 7) is 1.84. The van der Waals surface area contributed by atoms with Crippen molar-refractivity contribution in [2.24, 2.45) is 0 Å². The van der Waals surface area contributed by atoms with Gasteiger partial charge >= 0.3 is 12.1 Å². The molecule has 0 radical (unpaired) electrons. The van der Waals surface area contributed by atoms with E-state index < -0.39 is 24.0 Å². The van der Waals surface area contributed by atoms with Crippen LogP contribution in [0.1, 0.15) is 40.7 Å². The number of amides is 2. The minimum Gasteiger partial charge on any atom is -0.480 e. The van der Waals surface area contributed by atoms with Crippen molar-refractivity contribution in [1.29, 1.82) is 0 Å². The number of fused-ring (bicyclic) bond motifs is 3. The van der Waals surface area contributed by atoms with Crippen molar-refractivity contribution < 1.29 is 24.2 Å². The van der Waals surface area contributed by atoms with Crippen LogP contribution in [0.2, 0.25) is 0 Å². The molecule has 3 aromatic rings. The van der Waals surface area contributed by atoms with E-state index in [1.54, 1.807) is 19.1 Å². The molecule has 1 aliphatic carbocycles. The molecule has 7 nitrogen and oxygen atoms in total. The Labute approximate surface area is 205 Å². The zero-order chi connectivity index (χ0) is 24.2. The molecule has 0 saturated heterocycles. The molecule has 0 spiro atoms. The summed E-state index contributed by atoms with van der Waals surface area (Å²) in [6, 6.07) is 19.8. The molecule has 174 valence electrons. The van der Waals surface area contributed by atoms with Gasteiger partial charge in [-0.15, -0.1) is 0 Å². The molecular weight excluding hydrogens is 500 g/mol. The molecule has 1 atom stereocenters. The number of carbonyl (C=O) groups is 3. The molecule has 0 saturated carbocycles. The fourth-order valence-corrected chi connectivity index (χ4v) is 4.53. The molecule has 1 aliphatic rings. The van der Waals surface area contributed by atoms with Gasteiger partial charge in [-0.25, -0.2) is 9.59 Å². The SMILES string of the molecule is CC[C@@H](NC(=O)c1cc(NC(=O)OCC2c3ccccc3-c3ccccc32)ccc1Br)C(=O)O. The maximum atomic E-state index is 12.6. The molecule has 0 fully saturated rings. The first-order chi connectivity index (χ1) is 16.4. The number of carbonyl (C=O) groups excluding carboxylic acids is 2. The second kappa shape index (κ2) is 10.1. The summed E-state index contributed by atoms with van der Waals surface area (Å²) >= 11 is 3.30. The molecule has 2 amide bonds. The van der Waals surface area contributed by atoms with Crippen molar-refractivity contribution in [3.63, 3.8) is 0 Å². The van der Waals surface area contributed by atoms with Crippen LogP contribution in [0.15, 0.2) is 71.2 Å². The Morgan fingerprint density at radius 1 is 1.00 bits per heavy atom. The van der Waals surface area contributed by atoms with E-state index >= 15 is 0 Å². The molecule has 0 aliphatic heterocycles. The van der Waals surface area contributed by atoms with Gasteiger partial charge in [-0.2, -0.15) is 0 Å². The Bertz CT molecular complexity index is 1210. The highest BCUT2D eigenvalue weighted by Gasteiger charge is 2.29. The van der Waals surface area contributed by atoms with Crippen LogP contribution in [0.25, 0.3) is 11.1 Å². The molecule has 0 heterocycles. The Hall–Kier alpha value is -3.65. The first kappa shape index (κ1) is 23.5. The fraction of sp³-hybridized carbons (Fsp3) is 0.192. The van der Waals surface area contributed by atoms with Gasteiger partial charge in [-0.05, 0) is 62.8 Å². The summed E-state index contributed by atoms with van der Waals surface area (Å²) in [4.78, 5) is 36.3. The highest BCUT2D eigenvalue weighted by molar-refractivity contribution is 9.10. The first-order valence-electron chi connectivity index (χ1n) is 10.8. The van der Waals surface area contributed by atoms with Crippen molar-refractivity contribution in [2.45, 2.75) is 25.3 Å². The van der Waals surface area contributed by atoms with Crippen molar-refractivity contribution in [3.8, 4) is 11.1 Å². The van der Waals surface area contributed by atoms with Crippen molar-refractivity contribution in [2.75, 3.05) is 11.9 Å². The normalized spacial score (nSPS) is 12.9. The van der Waals surface area contributed by atoms with E-state index in [1.807, 2.05) is 36.4 Å². The number of aliphatic carboxylic acids is 1. The van der Waals surface area contributed by atoms with E-state index in [4.69, 9.17) is 4.74 Å². The molecule has 3 N–H and O–H groups in total. The average molecular weight is 523 g/mol. The second-order valence-electron chi connectivity index (χ2n) is 7.92. The monoisotopic (exact) mass is 522 g/mol. The van der Waals surface area contributed by atoms with Gasteiger partial charge < -0.3 is 15.2 Å². The minimum absolute atomic E-state index is 0.0635. The molecule has 34 heavy (non-hydrogen) atoms. The zero-order valence-corrected chi connectivity index (χ0v) is 20.0. The molecular formula is C26H23BrN2O5. The van der Waals surface area contributed by atoms with Gasteiger partial charge in [0.25, 0.3) is 5.91 Å². The third-order valence-corrected chi connectivity index (χ3v) is 6.50. The minimum atomic E-state index is -1.11. The second-order valence-corrected chi connectivity index (χ2v) is 8.77. The zero-order valence-electron chi connectivity index (χ0n) is 18.4. The van der Waals surface area contributed by atoms with E-state index in [0.717, 1.165) is 22.3 Å². The number of carboxylic acid groups (broad SMARTS) is 1. The lowest BCUT2D eigenvalue weighted by atomic mass is 9.98. The number of nitrogens with one attached hydrogen (secondary N) is 2. The van der Waals surface area contributed by atoms with Crippen LogP contribution in [0.5, 0.6) is 0 Å².